The fourth-order valence-electron chi connectivity index (χ4n) is 2.45. The number of carbonyl (C=O) groups excluding carboxylic acids is 1. The van der Waals surface area contributed by atoms with Crippen molar-refractivity contribution in [2.24, 2.45) is 0 Å². The van der Waals surface area contributed by atoms with Crippen molar-refractivity contribution < 1.29 is 13.2 Å². The van der Waals surface area contributed by atoms with Crippen molar-refractivity contribution in [2.75, 3.05) is 23.4 Å². The lowest BCUT2D eigenvalue weighted by Gasteiger charge is -2.13. The number of amides is 1. The first kappa shape index (κ1) is 18.0. The highest BCUT2D eigenvalue weighted by molar-refractivity contribution is 7.90. The van der Waals surface area contributed by atoms with Crippen LogP contribution in [-0.4, -0.2) is 27.1 Å². The highest BCUT2D eigenvalue weighted by Gasteiger charge is 2.13. The van der Waals surface area contributed by atoms with Crippen molar-refractivity contribution in [1.82, 2.24) is 0 Å². The largest absolute Gasteiger partial charge is 0.376 e. The van der Waals surface area contributed by atoms with Crippen molar-refractivity contribution in [2.45, 2.75) is 25.7 Å². The maximum Gasteiger partial charge on any atom is 0.243 e. The Bertz CT molecular complexity index is 874. The lowest BCUT2D eigenvalue weighted by molar-refractivity contribution is -0.114. The van der Waals surface area contributed by atoms with Crippen LogP contribution in [0.4, 0.5) is 11.4 Å². The molecular weight excluding hydrogens is 324 g/mol. The number of anilines is 2. The fraction of sp³-hybridized carbons (Fsp3) is 0.278. The predicted octanol–water partition coefficient (Wildman–Crippen LogP) is 3.07. The summed E-state index contributed by atoms with van der Waals surface area (Å²) in [4.78, 5) is 12.4. The topological polar surface area (TPSA) is 75.3 Å². The van der Waals surface area contributed by atoms with Crippen LogP contribution in [0.25, 0.3) is 0 Å². The zero-order chi connectivity index (χ0) is 17.9. The molecule has 0 bridgehead atoms. The summed E-state index contributed by atoms with van der Waals surface area (Å²) in [6, 6.07) is 10.8. The number of rotatable bonds is 5. The number of hydrogen-bond acceptors (Lipinski definition) is 4. The van der Waals surface area contributed by atoms with E-state index in [0.717, 1.165) is 16.8 Å². The molecule has 24 heavy (non-hydrogen) atoms. The summed E-state index contributed by atoms with van der Waals surface area (Å²) in [6.07, 6.45) is 1.17. The van der Waals surface area contributed by atoms with E-state index >= 15 is 0 Å². The zero-order valence-electron chi connectivity index (χ0n) is 14.3. The first-order chi connectivity index (χ1) is 11.2. The molecule has 6 heteroatoms. The van der Waals surface area contributed by atoms with E-state index < -0.39 is 9.84 Å². The Labute approximate surface area is 143 Å². The van der Waals surface area contributed by atoms with Gasteiger partial charge in [-0.1, -0.05) is 18.2 Å². The Balaban J connectivity index is 2.09. The minimum atomic E-state index is -3.29. The molecule has 0 heterocycles. The van der Waals surface area contributed by atoms with Crippen LogP contribution in [-0.2, 0) is 14.6 Å². The zero-order valence-corrected chi connectivity index (χ0v) is 15.1. The summed E-state index contributed by atoms with van der Waals surface area (Å²) in [7, 11) is -3.29. The number of benzene rings is 2. The summed E-state index contributed by atoms with van der Waals surface area (Å²) in [5, 5.41) is 5.87. The van der Waals surface area contributed by atoms with Crippen LogP contribution in [0.2, 0.25) is 0 Å². The molecule has 0 aliphatic carbocycles. The number of sulfone groups is 1. The molecule has 0 saturated heterocycles. The highest BCUT2D eigenvalue weighted by Crippen LogP contribution is 2.23. The summed E-state index contributed by atoms with van der Waals surface area (Å²) >= 11 is 0. The standard InChI is InChI=1S/C18H22N2O3S/c1-12-8-9-13(2)16(10-12)20-18(21)11-19-15-6-5-7-17(14(15)3)24(4,22)23/h5-10,19H,11H2,1-4H3,(H,20,21). The summed E-state index contributed by atoms with van der Waals surface area (Å²) < 4.78 is 23.5. The van der Waals surface area contributed by atoms with E-state index in [4.69, 9.17) is 0 Å². The van der Waals surface area contributed by atoms with Crippen molar-refractivity contribution in [3.8, 4) is 0 Å². The first-order valence-electron chi connectivity index (χ1n) is 7.59. The Morgan fingerprint density at radius 3 is 2.42 bits per heavy atom. The van der Waals surface area contributed by atoms with Gasteiger partial charge in [-0.25, -0.2) is 8.42 Å². The number of carbonyl (C=O) groups is 1. The molecular formula is C18H22N2O3S. The number of hydrogen-bond donors (Lipinski definition) is 2. The van der Waals surface area contributed by atoms with Gasteiger partial charge in [0.15, 0.2) is 9.84 Å². The third-order valence-corrected chi connectivity index (χ3v) is 5.03. The molecule has 1 amide bonds. The van der Waals surface area contributed by atoms with E-state index in [2.05, 4.69) is 10.6 Å². The van der Waals surface area contributed by atoms with Gasteiger partial charge in [-0.15, -0.1) is 0 Å². The smallest absolute Gasteiger partial charge is 0.243 e. The van der Waals surface area contributed by atoms with Gasteiger partial charge in [-0.05, 0) is 55.7 Å². The van der Waals surface area contributed by atoms with Gasteiger partial charge >= 0.3 is 0 Å². The van der Waals surface area contributed by atoms with Crippen LogP contribution in [0.1, 0.15) is 16.7 Å². The second-order valence-electron chi connectivity index (χ2n) is 5.92. The molecule has 0 radical (unpaired) electrons. The highest BCUT2D eigenvalue weighted by atomic mass is 32.2. The predicted molar refractivity (Wildman–Crippen MR) is 97.3 cm³/mol. The van der Waals surface area contributed by atoms with Crippen molar-refractivity contribution >= 4 is 27.1 Å². The third-order valence-electron chi connectivity index (χ3n) is 3.79. The van der Waals surface area contributed by atoms with Crippen LogP contribution < -0.4 is 10.6 Å². The molecule has 2 N–H and O–H groups in total. The molecule has 0 aliphatic rings. The van der Waals surface area contributed by atoms with Gasteiger partial charge in [0.25, 0.3) is 0 Å². The molecule has 0 atom stereocenters. The monoisotopic (exact) mass is 346 g/mol. The van der Waals surface area contributed by atoms with Gasteiger partial charge in [0.2, 0.25) is 5.91 Å². The van der Waals surface area contributed by atoms with E-state index in [9.17, 15) is 13.2 Å². The van der Waals surface area contributed by atoms with Gasteiger partial charge in [0.1, 0.15) is 0 Å². The van der Waals surface area contributed by atoms with E-state index in [1.165, 1.54) is 6.26 Å². The Morgan fingerprint density at radius 1 is 1.04 bits per heavy atom. The van der Waals surface area contributed by atoms with E-state index in [1.54, 1.807) is 25.1 Å². The molecule has 0 fully saturated rings. The summed E-state index contributed by atoms with van der Waals surface area (Å²) in [5.41, 5.74) is 4.08. The Morgan fingerprint density at radius 2 is 1.75 bits per heavy atom. The molecule has 0 aliphatic heterocycles. The summed E-state index contributed by atoms with van der Waals surface area (Å²) in [5.74, 6) is -0.187. The number of aryl methyl sites for hydroxylation is 2. The molecule has 0 aromatic heterocycles. The normalized spacial score (nSPS) is 11.2. The molecule has 0 unspecified atom stereocenters. The van der Waals surface area contributed by atoms with E-state index in [1.807, 2.05) is 32.0 Å². The SMILES string of the molecule is Cc1ccc(C)c(NC(=O)CNc2cccc(S(C)(=O)=O)c2C)c1. The third kappa shape index (κ3) is 4.35. The van der Waals surface area contributed by atoms with Crippen LogP contribution in [0.3, 0.4) is 0 Å². The molecule has 0 saturated carbocycles. The van der Waals surface area contributed by atoms with Gasteiger partial charge in [-0.2, -0.15) is 0 Å². The average molecular weight is 346 g/mol. The average Bonchev–Trinajstić information content (AvgIpc) is 2.49. The van der Waals surface area contributed by atoms with Gasteiger partial charge in [0, 0.05) is 17.6 Å². The maximum absolute atomic E-state index is 12.2. The van der Waals surface area contributed by atoms with Crippen molar-refractivity contribution in [3.05, 3.63) is 53.1 Å². The van der Waals surface area contributed by atoms with Gasteiger partial charge < -0.3 is 10.6 Å². The molecule has 5 nitrogen and oxygen atoms in total. The van der Waals surface area contributed by atoms with Crippen LogP contribution in [0.15, 0.2) is 41.3 Å². The van der Waals surface area contributed by atoms with E-state index in [-0.39, 0.29) is 17.3 Å². The minimum Gasteiger partial charge on any atom is -0.376 e. The van der Waals surface area contributed by atoms with Gasteiger partial charge in [-0.3, -0.25) is 4.79 Å². The quantitative estimate of drug-likeness (QED) is 0.872. The first-order valence-corrected chi connectivity index (χ1v) is 9.48. The molecule has 2 rings (SSSR count). The second-order valence-corrected chi connectivity index (χ2v) is 7.91. The van der Waals surface area contributed by atoms with Crippen LogP contribution >= 0.6 is 0 Å². The summed E-state index contributed by atoms with van der Waals surface area (Å²) in [6.45, 7) is 5.68. The molecule has 2 aromatic carbocycles. The van der Waals surface area contributed by atoms with Crippen LogP contribution in [0.5, 0.6) is 0 Å². The van der Waals surface area contributed by atoms with Gasteiger partial charge in [0.05, 0.1) is 11.4 Å². The lowest BCUT2D eigenvalue weighted by atomic mass is 10.1. The molecule has 2 aromatic rings. The maximum atomic E-state index is 12.2. The Kier molecular flexibility index (Phi) is 5.29. The fourth-order valence-corrected chi connectivity index (χ4v) is 3.44. The second kappa shape index (κ2) is 7.05. The van der Waals surface area contributed by atoms with E-state index in [0.29, 0.717) is 11.3 Å². The lowest BCUT2D eigenvalue weighted by Crippen LogP contribution is -2.22. The molecule has 128 valence electrons. The number of nitrogens with one attached hydrogen (secondary N) is 2. The molecule has 0 spiro atoms. The van der Waals surface area contributed by atoms with Crippen LogP contribution in [0, 0.1) is 20.8 Å². The van der Waals surface area contributed by atoms with Crippen molar-refractivity contribution in [1.29, 1.82) is 0 Å². The minimum absolute atomic E-state index is 0.0570. The van der Waals surface area contributed by atoms with Crippen molar-refractivity contribution in [3.63, 3.8) is 0 Å². The Hall–Kier alpha value is -2.34.